The minimum Gasteiger partial charge on any atom is -0.497 e. The molecule has 1 aromatic heterocycles. The minimum absolute atomic E-state index is 0.139. The molecular weight excluding hydrogens is 350 g/mol. The Morgan fingerprint density at radius 1 is 1.14 bits per heavy atom. The first kappa shape index (κ1) is 17.7. The van der Waals surface area contributed by atoms with Crippen molar-refractivity contribution in [3.63, 3.8) is 0 Å². The number of amides is 1. The number of piperidine rings is 3. The number of aromatic nitrogens is 1. The maximum Gasteiger partial charge on any atom is 0.256 e. The van der Waals surface area contributed by atoms with E-state index in [1.165, 1.54) is 18.4 Å². The van der Waals surface area contributed by atoms with Crippen LogP contribution < -0.4 is 4.74 Å². The van der Waals surface area contributed by atoms with Crippen LogP contribution in [0.15, 0.2) is 42.6 Å². The molecule has 4 aliphatic heterocycles. The highest BCUT2D eigenvalue weighted by atomic mass is 16.5. The Labute approximate surface area is 166 Å². The third-order valence-electron chi connectivity index (χ3n) is 7.01. The summed E-state index contributed by atoms with van der Waals surface area (Å²) in [7, 11) is 1.71. The van der Waals surface area contributed by atoms with Gasteiger partial charge in [0.25, 0.3) is 5.91 Å². The van der Waals surface area contributed by atoms with Crippen LogP contribution in [0, 0.1) is 12.8 Å². The highest BCUT2D eigenvalue weighted by molar-refractivity contribution is 5.95. The molecule has 4 fully saturated rings. The monoisotopic (exact) mass is 377 g/mol. The van der Waals surface area contributed by atoms with Crippen LogP contribution in [0.3, 0.4) is 0 Å². The average Bonchev–Trinajstić information content (AvgIpc) is 3.17. The zero-order chi connectivity index (χ0) is 19.3. The third kappa shape index (κ3) is 2.72. The SMILES string of the molecule is COc1cccc([C@H]2CN(C(=O)c3cccnc3C)[C@@H]3C4CCN(CC4)[C@H]23)c1. The molecule has 4 saturated heterocycles. The van der Waals surface area contributed by atoms with Crippen LogP contribution in [0.5, 0.6) is 5.75 Å². The Morgan fingerprint density at radius 2 is 1.96 bits per heavy atom. The summed E-state index contributed by atoms with van der Waals surface area (Å²) in [5.74, 6) is 1.95. The molecule has 0 radical (unpaired) electrons. The van der Waals surface area contributed by atoms with Crippen molar-refractivity contribution in [3.8, 4) is 5.75 Å². The van der Waals surface area contributed by atoms with Gasteiger partial charge in [-0.15, -0.1) is 0 Å². The summed E-state index contributed by atoms with van der Waals surface area (Å²) in [6, 6.07) is 12.9. The molecule has 1 aromatic carbocycles. The number of benzene rings is 1. The summed E-state index contributed by atoms with van der Waals surface area (Å²) in [4.78, 5) is 22.7. The van der Waals surface area contributed by atoms with Gasteiger partial charge in [-0.05, 0) is 68.6 Å². The molecule has 0 spiro atoms. The molecule has 0 unspecified atom stereocenters. The van der Waals surface area contributed by atoms with Gasteiger partial charge in [-0.1, -0.05) is 12.1 Å². The molecule has 2 aromatic rings. The summed E-state index contributed by atoms with van der Waals surface area (Å²) in [5.41, 5.74) is 2.83. The smallest absolute Gasteiger partial charge is 0.256 e. The van der Waals surface area contributed by atoms with E-state index in [0.717, 1.165) is 36.6 Å². The van der Waals surface area contributed by atoms with Crippen molar-refractivity contribution < 1.29 is 9.53 Å². The molecule has 0 N–H and O–H groups in total. The van der Waals surface area contributed by atoms with Crippen LogP contribution in [-0.2, 0) is 0 Å². The second-order valence-corrected chi connectivity index (χ2v) is 8.33. The van der Waals surface area contributed by atoms with Crippen molar-refractivity contribution in [2.24, 2.45) is 5.92 Å². The van der Waals surface area contributed by atoms with E-state index in [4.69, 9.17) is 4.74 Å². The van der Waals surface area contributed by atoms with Crippen molar-refractivity contribution in [2.75, 3.05) is 26.7 Å². The molecule has 5 heterocycles. The second-order valence-electron chi connectivity index (χ2n) is 8.33. The zero-order valence-electron chi connectivity index (χ0n) is 16.5. The molecule has 3 atom stereocenters. The van der Waals surface area contributed by atoms with Gasteiger partial charge in [-0.25, -0.2) is 0 Å². The van der Waals surface area contributed by atoms with E-state index in [1.54, 1.807) is 13.3 Å². The molecule has 5 heteroatoms. The number of fused-ring (bicyclic) bond motifs is 2. The lowest BCUT2D eigenvalue weighted by Crippen LogP contribution is -2.60. The number of ether oxygens (including phenoxy) is 1. The standard InChI is InChI=1S/C23H27N3O2/c1-15-19(7-4-10-24-15)23(27)26-14-20(17-5-3-6-18(13-17)28-2)22-21(26)16-8-11-25(22)12-9-16/h3-7,10,13,16,20-22H,8-9,11-12,14H2,1-2H3/t20-,21-,22-/m1/s1. The lowest BCUT2D eigenvalue weighted by atomic mass is 9.75. The average molecular weight is 377 g/mol. The van der Waals surface area contributed by atoms with E-state index in [1.807, 2.05) is 25.1 Å². The first-order valence-corrected chi connectivity index (χ1v) is 10.3. The van der Waals surface area contributed by atoms with Gasteiger partial charge in [-0.2, -0.15) is 0 Å². The van der Waals surface area contributed by atoms with Gasteiger partial charge >= 0.3 is 0 Å². The van der Waals surface area contributed by atoms with Crippen LogP contribution in [0.4, 0.5) is 0 Å². The Morgan fingerprint density at radius 3 is 2.71 bits per heavy atom. The summed E-state index contributed by atoms with van der Waals surface area (Å²) < 4.78 is 5.47. The first-order chi connectivity index (χ1) is 13.7. The number of likely N-dealkylation sites (tertiary alicyclic amines) is 1. The van der Waals surface area contributed by atoms with Gasteiger partial charge in [0.05, 0.1) is 18.7 Å². The number of carbonyl (C=O) groups is 1. The maximum atomic E-state index is 13.5. The zero-order valence-corrected chi connectivity index (χ0v) is 16.5. The summed E-state index contributed by atoms with van der Waals surface area (Å²) in [6.07, 6.45) is 4.15. The molecule has 28 heavy (non-hydrogen) atoms. The van der Waals surface area contributed by atoms with Gasteiger partial charge < -0.3 is 9.64 Å². The molecule has 0 aliphatic carbocycles. The van der Waals surface area contributed by atoms with Crippen molar-refractivity contribution in [1.82, 2.24) is 14.8 Å². The van der Waals surface area contributed by atoms with Crippen LogP contribution in [-0.4, -0.2) is 59.5 Å². The number of hydrogen-bond donors (Lipinski definition) is 0. The largest absolute Gasteiger partial charge is 0.497 e. The Hall–Kier alpha value is -2.40. The second kappa shape index (κ2) is 6.89. The number of methoxy groups -OCH3 is 1. The molecule has 0 saturated carbocycles. The number of nitrogens with zero attached hydrogens (tertiary/aromatic N) is 3. The number of carbonyl (C=O) groups excluding carboxylic acids is 1. The molecule has 2 bridgehead atoms. The van der Waals surface area contributed by atoms with E-state index in [2.05, 4.69) is 33.0 Å². The predicted octanol–water partition coefficient (Wildman–Crippen LogP) is 3.10. The van der Waals surface area contributed by atoms with E-state index in [0.29, 0.717) is 23.9 Å². The van der Waals surface area contributed by atoms with Crippen molar-refractivity contribution >= 4 is 5.91 Å². The van der Waals surface area contributed by atoms with Gasteiger partial charge in [0.2, 0.25) is 0 Å². The van der Waals surface area contributed by atoms with Gasteiger partial charge in [0, 0.05) is 30.4 Å². The van der Waals surface area contributed by atoms with E-state index in [9.17, 15) is 4.79 Å². The fourth-order valence-electron chi connectivity index (χ4n) is 5.68. The lowest BCUT2D eigenvalue weighted by Gasteiger charge is -2.51. The van der Waals surface area contributed by atoms with Gasteiger partial charge in [0.15, 0.2) is 0 Å². The minimum atomic E-state index is 0.139. The van der Waals surface area contributed by atoms with Crippen LogP contribution in [0.1, 0.15) is 40.4 Å². The Balaban J connectivity index is 1.54. The molecule has 146 valence electrons. The number of aryl methyl sites for hydroxylation is 1. The summed E-state index contributed by atoms with van der Waals surface area (Å²) in [5, 5.41) is 0. The maximum absolute atomic E-state index is 13.5. The summed E-state index contributed by atoms with van der Waals surface area (Å²) in [6.45, 7) is 5.00. The van der Waals surface area contributed by atoms with Crippen molar-refractivity contribution in [1.29, 1.82) is 0 Å². The van der Waals surface area contributed by atoms with Crippen molar-refractivity contribution in [2.45, 2.75) is 37.8 Å². The highest BCUT2D eigenvalue weighted by Crippen LogP contribution is 2.47. The molecular formula is C23H27N3O2. The number of pyridine rings is 1. The lowest BCUT2D eigenvalue weighted by molar-refractivity contribution is -0.00345. The first-order valence-electron chi connectivity index (χ1n) is 10.3. The molecule has 4 aliphatic rings. The number of hydrogen-bond acceptors (Lipinski definition) is 4. The molecule has 6 rings (SSSR count). The van der Waals surface area contributed by atoms with E-state index >= 15 is 0 Å². The summed E-state index contributed by atoms with van der Waals surface area (Å²) >= 11 is 0. The Bertz CT molecular complexity index is 891. The Kier molecular flexibility index (Phi) is 4.35. The quantitative estimate of drug-likeness (QED) is 0.825. The van der Waals surface area contributed by atoms with Crippen LogP contribution >= 0.6 is 0 Å². The van der Waals surface area contributed by atoms with Crippen molar-refractivity contribution in [3.05, 3.63) is 59.4 Å². The molecule has 1 amide bonds. The fraction of sp³-hybridized carbons (Fsp3) is 0.478. The van der Waals surface area contributed by atoms with E-state index in [-0.39, 0.29) is 5.91 Å². The number of rotatable bonds is 3. The van der Waals surface area contributed by atoms with Crippen LogP contribution in [0.2, 0.25) is 0 Å². The highest BCUT2D eigenvalue weighted by Gasteiger charge is 2.54. The van der Waals surface area contributed by atoms with E-state index < -0.39 is 0 Å². The fourth-order valence-corrected chi connectivity index (χ4v) is 5.68. The topological polar surface area (TPSA) is 45.7 Å². The molecule has 5 nitrogen and oxygen atoms in total. The third-order valence-corrected chi connectivity index (χ3v) is 7.01. The normalized spacial score (nSPS) is 30.9. The van der Waals surface area contributed by atoms with Crippen LogP contribution in [0.25, 0.3) is 0 Å². The predicted molar refractivity (Wildman–Crippen MR) is 108 cm³/mol. The van der Waals surface area contributed by atoms with Gasteiger partial charge in [0.1, 0.15) is 5.75 Å². The van der Waals surface area contributed by atoms with Gasteiger partial charge in [-0.3, -0.25) is 14.7 Å².